The van der Waals surface area contributed by atoms with E-state index in [2.05, 4.69) is 30.9 Å². The zero-order valence-electron chi connectivity index (χ0n) is 16.6. The highest BCUT2D eigenvalue weighted by Gasteiger charge is 2.14. The summed E-state index contributed by atoms with van der Waals surface area (Å²) < 4.78 is 14.3. The molecule has 0 aliphatic carbocycles. The van der Waals surface area contributed by atoms with E-state index < -0.39 is 5.82 Å². The van der Waals surface area contributed by atoms with Gasteiger partial charge in [-0.3, -0.25) is 9.79 Å². The van der Waals surface area contributed by atoms with Crippen molar-refractivity contribution in [1.82, 2.24) is 15.3 Å². The molecule has 0 spiro atoms. The molecule has 0 radical (unpaired) electrons. The molecule has 0 saturated carbocycles. The van der Waals surface area contributed by atoms with Crippen molar-refractivity contribution in [3.05, 3.63) is 60.0 Å². The van der Waals surface area contributed by atoms with Crippen LogP contribution in [0.5, 0.6) is 5.75 Å². The van der Waals surface area contributed by atoms with E-state index in [4.69, 9.17) is 9.78 Å². The van der Waals surface area contributed by atoms with Crippen LogP contribution < -0.4 is 20.8 Å². The minimum absolute atomic E-state index is 0.00275. The van der Waals surface area contributed by atoms with E-state index in [0.29, 0.717) is 29.4 Å². The van der Waals surface area contributed by atoms with Crippen LogP contribution in [0.3, 0.4) is 0 Å². The van der Waals surface area contributed by atoms with Gasteiger partial charge in [0.25, 0.3) is 5.91 Å². The second kappa shape index (κ2) is 9.18. The highest BCUT2D eigenvalue weighted by atomic mass is 19.1. The molecule has 0 unspecified atom stereocenters. The van der Waals surface area contributed by atoms with E-state index >= 15 is 0 Å². The van der Waals surface area contributed by atoms with Crippen LogP contribution in [0, 0.1) is 5.82 Å². The van der Waals surface area contributed by atoms with Gasteiger partial charge < -0.3 is 20.8 Å². The lowest BCUT2D eigenvalue weighted by atomic mass is 10.1. The van der Waals surface area contributed by atoms with Crippen LogP contribution in [0.15, 0.2) is 53.7 Å². The summed E-state index contributed by atoms with van der Waals surface area (Å²) in [6.45, 7) is 0.494. The molecule has 31 heavy (non-hydrogen) atoms. The van der Waals surface area contributed by atoms with Crippen LogP contribution in [-0.4, -0.2) is 35.7 Å². The average molecular weight is 422 g/mol. The molecular weight excluding hydrogens is 403 g/mol. The number of rotatable bonds is 6. The first-order valence-corrected chi connectivity index (χ1v) is 9.45. The van der Waals surface area contributed by atoms with E-state index in [1.165, 1.54) is 13.3 Å². The SMILES string of the molecule is CNC(=O)/C=N/c1cccc(Nc2ncc(F)c(Nc3ccc4c(c3)OOCC4)n2)c1. The highest BCUT2D eigenvalue weighted by molar-refractivity contribution is 6.26. The van der Waals surface area contributed by atoms with Crippen molar-refractivity contribution in [1.29, 1.82) is 0 Å². The third-order valence-corrected chi connectivity index (χ3v) is 4.36. The number of hydrogen-bond acceptors (Lipinski definition) is 8. The number of carbonyl (C=O) groups is 1. The van der Waals surface area contributed by atoms with E-state index in [9.17, 15) is 9.18 Å². The number of aromatic nitrogens is 2. The number of carbonyl (C=O) groups excluding carboxylic acids is 1. The Hall–Kier alpha value is -4.05. The van der Waals surface area contributed by atoms with Crippen LogP contribution >= 0.6 is 0 Å². The molecular formula is C21H19FN6O3. The predicted molar refractivity (Wildman–Crippen MR) is 114 cm³/mol. The average Bonchev–Trinajstić information content (AvgIpc) is 2.80. The minimum Gasteiger partial charge on any atom is -0.354 e. The Morgan fingerprint density at radius 2 is 2.06 bits per heavy atom. The maximum absolute atomic E-state index is 14.3. The number of hydrogen-bond donors (Lipinski definition) is 3. The van der Waals surface area contributed by atoms with E-state index in [1.807, 2.05) is 12.1 Å². The summed E-state index contributed by atoms with van der Waals surface area (Å²) in [7, 11) is 1.52. The topological polar surface area (TPSA) is 110 Å². The minimum atomic E-state index is -0.607. The molecule has 10 heteroatoms. The first kappa shape index (κ1) is 20.2. The van der Waals surface area contributed by atoms with Gasteiger partial charge in [-0.1, -0.05) is 12.1 Å². The molecule has 0 saturated heterocycles. The Morgan fingerprint density at radius 1 is 1.19 bits per heavy atom. The van der Waals surface area contributed by atoms with Gasteiger partial charge in [-0.2, -0.15) is 9.87 Å². The molecule has 158 valence electrons. The highest BCUT2D eigenvalue weighted by Crippen LogP contribution is 2.29. The molecule has 3 aromatic rings. The normalized spacial score (nSPS) is 12.7. The lowest BCUT2D eigenvalue weighted by Crippen LogP contribution is -2.18. The van der Waals surface area contributed by atoms with Crippen molar-refractivity contribution in [3.63, 3.8) is 0 Å². The second-order valence-electron chi connectivity index (χ2n) is 6.54. The number of anilines is 4. The zero-order valence-corrected chi connectivity index (χ0v) is 16.6. The van der Waals surface area contributed by atoms with E-state index in [1.54, 1.807) is 30.3 Å². The first-order chi connectivity index (χ1) is 15.1. The lowest BCUT2D eigenvalue weighted by molar-refractivity contribution is -0.215. The summed E-state index contributed by atoms with van der Waals surface area (Å²) in [6.07, 6.45) is 3.00. The number of halogens is 1. The van der Waals surface area contributed by atoms with Gasteiger partial charge in [0.05, 0.1) is 24.7 Å². The molecule has 2 aromatic carbocycles. The van der Waals surface area contributed by atoms with Gasteiger partial charge in [0.1, 0.15) is 0 Å². The number of fused-ring (bicyclic) bond motifs is 1. The standard InChI is InChI=1S/C21H19FN6O3/c1-23-19(29)12-24-14-3-2-4-15(9-14)27-21-25-11-17(22)20(28-21)26-16-6-5-13-7-8-30-31-18(13)10-16/h2-6,9-12H,7-8H2,1H3,(H,23,29)(H2,25,26,27,28)/b24-12+. The summed E-state index contributed by atoms with van der Waals surface area (Å²) in [6, 6.07) is 12.4. The van der Waals surface area contributed by atoms with Gasteiger partial charge >= 0.3 is 0 Å². The Bertz CT molecular complexity index is 1140. The van der Waals surface area contributed by atoms with Crippen molar-refractivity contribution in [2.45, 2.75) is 6.42 Å². The number of benzene rings is 2. The number of nitrogens with one attached hydrogen (secondary N) is 3. The summed E-state index contributed by atoms with van der Waals surface area (Å²) in [4.78, 5) is 33.7. The van der Waals surface area contributed by atoms with Crippen LogP contribution in [0.2, 0.25) is 0 Å². The van der Waals surface area contributed by atoms with Gasteiger partial charge in [-0.15, -0.1) is 0 Å². The van der Waals surface area contributed by atoms with Crippen molar-refractivity contribution >= 4 is 41.0 Å². The van der Waals surface area contributed by atoms with Gasteiger partial charge in [-0.25, -0.2) is 9.37 Å². The smallest absolute Gasteiger partial charge is 0.262 e. The van der Waals surface area contributed by atoms with E-state index in [0.717, 1.165) is 18.2 Å². The number of nitrogens with zero attached hydrogens (tertiary/aromatic N) is 3. The van der Waals surface area contributed by atoms with Gasteiger partial charge in [-0.05, 0) is 24.3 Å². The molecule has 1 aliphatic rings. The van der Waals surface area contributed by atoms with Gasteiger partial charge in [0, 0.05) is 36.5 Å². The number of amides is 1. The van der Waals surface area contributed by atoms with Crippen LogP contribution in [-0.2, 0) is 16.1 Å². The Balaban J connectivity index is 1.51. The molecule has 0 atom stereocenters. The van der Waals surface area contributed by atoms with Crippen LogP contribution in [0.1, 0.15) is 5.56 Å². The van der Waals surface area contributed by atoms with E-state index in [-0.39, 0.29) is 17.7 Å². The van der Waals surface area contributed by atoms with Crippen molar-refractivity contribution in [2.24, 2.45) is 4.99 Å². The fourth-order valence-electron chi connectivity index (χ4n) is 2.82. The molecule has 9 nitrogen and oxygen atoms in total. The fraction of sp³-hybridized carbons (Fsp3) is 0.143. The van der Waals surface area contributed by atoms with Crippen molar-refractivity contribution in [3.8, 4) is 5.75 Å². The summed E-state index contributed by atoms with van der Waals surface area (Å²) >= 11 is 0. The first-order valence-electron chi connectivity index (χ1n) is 9.45. The Labute approximate surface area is 177 Å². The molecule has 1 amide bonds. The molecule has 3 N–H and O–H groups in total. The largest absolute Gasteiger partial charge is 0.354 e. The summed E-state index contributed by atoms with van der Waals surface area (Å²) in [5.41, 5.74) is 2.80. The Kier molecular flexibility index (Phi) is 5.99. The quantitative estimate of drug-likeness (QED) is 0.412. The molecule has 0 fully saturated rings. The third kappa shape index (κ3) is 5.11. The predicted octanol–water partition coefficient (Wildman–Crippen LogP) is 3.42. The molecule has 0 bridgehead atoms. The maximum atomic E-state index is 14.3. The molecule has 1 aromatic heterocycles. The van der Waals surface area contributed by atoms with Crippen LogP contribution in [0.25, 0.3) is 0 Å². The molecule has 4 rings (SSSR count). The maximum Gasteiger partial charge on any atom is 0.262 e. The second-order valence-corrected chi connectivity index (χ2v) is 6.54. The zero-order chi connectivity index (χ0) is 21.6. The molecule has 1 aliphatic heterocycles. The van der Waals surface area contributed by atoms with Crippen LogP contribution in [0.4, 0.5) is 33.2 Å². The fourth-order valence-corrected chi connectivity index (χ4v) is 2.82. The third-order valence-electron chi connectivity index (χ3n) is 4.36. The van der Waals surface area contributed by atoms with Gasteiger partial charge in [0.2, 0.25) is 5.95 Å². The van der Waals surface area contributed by atoms with Crippen molar-refractivity contribution < 1.29 is 19.0 Å². The summed E-state index contributed by atoms with van der Waals surface area (Å²) in [5, 5.41) is 8.39. The summed E-state index contributed by atoms with van der Waals surface area (Å²) in [5.74, 6) is -0.144. The lowest BCUT2D eigenvalue weighted by Gasteiger charge is -2.17. The monoisotopic (exact) mass is 422 g/mol. The molecule has 2 heterocycles. The van der Waals surface area contributed by atoms with Crippen molar-refractivity contribution in [2.75, 3.05) is 24.3 Å². The Morgan fingerprint density at radius 3 is 2.94 bits per heavy atom. The number of aliphatic imine (C=N–C) groups is 1. The van der Waals surface area contributed by atoms with Gasteiger partial charge in [0.15, 0.2) is 17.4 Å².